The third kappa shape index (κ3) is 4.34. The van der Waals surface area contributed by atoms with Crippen molar-refractivity contribution in [2.75, 3.05) is 0 Å². The molecule has 0 aliphatic rings. The highest BCUT2D eigenvalue weighted by atomic mass is 32.2. The summed E-state index contributed by atoms with van der Waals surface area (Å²) in [5.74, 6) is -0.116. The van der Waals surface area contributed by atoms with Gasteiger partial charge in [-0.05, 0) is 58.4 Å². The molecule has 0 spiro atoms. The zero-order valence-corrected chi connectivity index (χ0v) is 18.2. The Kier molecular flexibility index (Phi) is 5.80. The van der Waals surface area contributed by atoms with Crippen LogP contribution in [0.15, 0.2) is 35.3 Å². The van der Waals surface area contributed by atoms with Gasteiger partial charge in [-0.25, -0.2) is 14.4 Å². The van der Waals surface area contributed by atoms with Crippen molar-refractivity contribution in [2.45, 2.75) is 45.4 Å². The summed E-state index contributed by atoms with van der Waals surface area (Å²) in [6, 6.07) is 6.21. The first-order valence-corrected chi connectivity index (χ1v) is 10.5. The predicted molar refractivity (Wildman–Crippen MR) is 114 cm³/mol. The topological polar surface area (TPSA) is 82.9 Å². The number of aryl methyl sites for hydroxylation is 1. The molecule has 3 aromatic rings. The number of aromatic nitrogens is 3. The Morgan fingerprint density at radius 3 is 2.55 bits per heavy atom. The van der Waals surface area contributed by atoms with Crippen molar-refractivity contribution >= 4 is 22.3 Å². The minimum absolute atomic E-state index is 0.217. The van der Waals surface area contributed by atoms with Gasteiger partial charge in [0.1, 0.15) is 16.3 Å². The summed E-state index contributed by atoms with van der Waals surface area (Å²) in [6.07, 6.45) is 1.10. The fraction of sp³-hybridized carbons (Fsp3) is 0.381. The smallest absolute Gasteiger partial charge is 0.261 e. The van der Waals surface area contributed by atoms with E-state index in [-0.39, 0.29) is 11.6 Å². The van der Waals surface area contributed by atoms with Crippen LogP contribution in [0.25, 0.3) is 22.4 Å². The summed E-state index contributed by atoms with van der Waals surface area (Å²) in [5, 5.41) is 0.476. The largest absolute Gasteiger partial charge is 0.598 e. The van der Waals surface area contributed by atoms with E-state index in [0.29, 0.717) is 22.4 Å². The summed E-state index contributed by atoms with van der Waals surface area (Å²) in [6.45, 7) is 9.48. The van der Waals surface area contributed by atoms with Gasteiger partial charge in [0.25, 0.3) is 5.56 Å². The van der Waals surface area contributed by atoms with E-state index in [1.165, 1.54) is 16.7 Å². The normalized spacial score (nSPS) is 14.2. The van der Waals surface area contributed by atoms with Crippen molar-refractivity contribution in [2.24, 2.45) is 7.05 Å². The quantitative estimate of drug-likeness (QED) is 0.658. The number of fused-ring (bicyclic) bond motifs is 1. The molecule has 0 amide bonds. The number of pyridine rings is 1. The molecule has 0 bridgehead atoms. The maximum absolute atomic E-state index is 13.3. The molecule has 8 heteroatoms. The highest BCUT2D eigenvalue weighted by molar-refractivity contribution is 7.90. The molecule has 2 aromatic heterocycles. The Morgan fingerprint density at radius 1 is 1.28 bits per heavy atom. The van der Waals surface area contributed by atoms with E-state index in [9.17, 15) is 13.7 Å². The van der Waals surface area contributed by atoms with Crippen molar-refractivity contribution in [3.63, 3.8) is 0 Å². The van der Waals surface area contributed by atoms with E-state index in [1.807, 2.05) is 40.7 Å². The van der Waals surface area contributed by atoms with Gasteiger partial charge >= 0.3 is 0 Å². The molecule has 0 fully saturated rings. The molecule has 154 valence electrons. The van der Waals surface area contributed by atoms with Crippen molar-refractivity contribution in [3.8, 4) is 11.5 Å². The van der Waals surface area contributed by atoms with E-state index in [4.69, 9.17) is 4.98 Å². The monoisotopic (exact) mass is 416 g/mol. The summed E-state index contributed by atoms with van der Waals surface area (Å²) >= 11 is -1.29. The van der Waals surface area contributed by atoms with Crippen molar-refractivity contribution in [3.05, 3.63) is 57.8 Å². The summed E-state index contributed by atoms with van der Waals surface area (Å²) in [4.78, 5) is 21.8. The maximum atomic E-state index is 13.3. The number of halogens is 1. The van der Waals surface area contributed by atoms with Crippen molar-refractivity contribution < 1.29 is 8.94 Å². The van der Waals surface area contributed by atoms with E-state index in [1.54, 1.807) is 13.1 Å². The van der Waals surface area contributed by atoms with Crippen LogP contribution in [-0.2, 0) is 18.4 Å². The van der Waals surface area contributed by atoms with E-state index < -0.39 is 21.9 Å². The molecule has 3 rings (SSSR count). The third-order valence-corrected chi connectivity index (χ3v) is 6.30. The zero-order chi connectivity index (χ0) is 21.5. The van der Waals surface area contributed by atoms with Crippen LogP contribution in [0.1, 0.15) is 44.9 Å². The highest BCUT2D eigenvalue weighted by Crippen LogP contribution is 2.27. The molecule has 1 unspecified atom stereocenters. The van der Waals surface area contributed by atoms with Gasteiger partial charge < -0.3 is 4.55 Å². The Labute approximate surface area is 172 Å². The molecule has 0 aliphatic heterocycles. The van der Waals surface area contributed by atoms with Gasteiger partial charge in [-0.15, -0.1) is 4.72 Å². The standard InChI is InChI=1S/C21H25FN4O2S/c1-12-9-15(13(2)25-29(28)21(3,4)5)18-16(10-12)20(27)26(6)19(24-18)17-8-7-14(22)11-23-17/h7-11,13,25H,1-6H3/t13-,29?/m1/s1. The number of rotatable bonds is 4. The second kappa shape index (κ2) is 7.85. The van der Waals surface area contributed by atoms with Crippen molar-refractivity contribution in [1.82, 2.24) is 19.3 Å². The van der Waals surface area contributed by atoms with Gasteiger partial charge in [-0.2, -0.15) is 0 Å². The Hall–Kier alpha value is -2.29. The van der Waals surface area contributed by atoms with Gasteiger partial charge in [-0.1, -0.05) is 6.07 Å². The first-order valence-electron chi connectivity index (χ1n) is 9.30. The minimum atomic E-state index is -1.29. The molecule has 1 N–H and O–H groups in total. The molecule has 2 heterocycles. The second-order valence-corrected chi connectivity index (χ2v) is 10.1. The van der Waals surface area contributed by atoms with Gasteiger partial charge in [0.15, 0.2) is 5.82 Å². The van der Waals surface area contributed by atoms with Gasteiger partial charge in [0, 0.05) is 24.0 Å². The Bertz CT molecular complexity index is 1110. The molecule has 6 nitrogen and oxygen atoms in total. The van der Waals surface area contributed by atoms with Crippen LogP contribution < -0.4 is 10.3 Å². The molecule has 0 saturated carbocycles. The molecule has 1 aromatic carbocycles. The van der Waals surface area contributed by atoms with Crippen LogP contribution in [0.4, 0.5) is 4.39 Å². The fourth-order valence-corrected chi connectivity index (χ4v) is 3.82. The summed E-state index contributed by atoms with van der Waals surface area (Å²) < 4.78 is 30.0. The van der Waals surface area contributed by atoms with Crippen LogP contribution >= 0.6 is 0 Å². The SMILES string of the molecule is Cc1cc([C@@H](C)N[S+]([O-])C(C)(C)C)c2nc(-c3ccc(F)cn3)n(C)c(=O)c2c1. The average molecular weight is 417 g/mol. The maximum Gasteiger partial charge on any atom is 0.261 e. The molecule has 0 radical (unpaired) electrons. The number of nitrogens with one attached hydrogen (secondary N) is 1. The summed E-state index contributed by atoms with van der Waals surface area (Å²) in [7, 11) is 1.62. The minimum Gasteiger partial charge on any atom is -0.598 e. The number of nitrogens with zero attached hydrogens (tertiary/aromatic N) is 3. The first kappa shape index (κ1) is 21.4. The Morgan fingerprint density at radius 2 is 1.97 bits per heavy atom. The van der Waals surface area contributed by atoms with Gasteiger partial charge in [0.2, 0.25) is 0 Å². The molecular formula is C21H25FN4O2S. The van der Waals surface area contributed by atoms with Crippen LogP contribution in [0, 0.1) is 12.7 Å². The molecule has 0 aliphatic carbocycles. The van der Waals surface area contributed by atoms with E-state index >= 15 is 0 Å². The van der Waals surface area contributed by atoms with E-state index in [2.05, 4.69) is 9.71 Å². The molecular weight excluding hydrogens is 391 g/mol. The van der Waals surface area contributed by atoms with E-state index in [0.717, 1.165) is 17.3 Å². The molecule has 29 heavy (non-hydrogen) atoms. The third-order valence-electron chi connectivity index (χ3n) is 4.62. The van der Waals surface area contributed by atoms with Crippen LogP contribution in [0.2, 0.25) is 0 Å². The fourth-order valence-electron chi connectivity index (χ4n) is 3.02. The van der Waals surface area contributed by atoms with Gasteiger partial charge in [0.05, 0.1) is 23.1 Å². The average Bonchev–Trinajstić information content (AvgIpc) is 2.64. The number of hydrogen-bond donors (Lipinski definition) is 1. The lowest BCUT2D eigenvalue weighted by Crippen LogP contribution is -2.40. The predicted octanol–water partition coefficient (Wildman–Crippen LogP) is 3.56. The lowest BCUT2D eigenvalue weighted by atomic mass is 10.0. The first-order chi connectivity index (χ1) is 13.5. The molecule has 0 saturated heterocycles. The summed E-state index contributed by atoms with van der Waals surface area (Å²) in [5.41, 5.74) is 2.39. The number of benzene rings is 1. The number of hydrogen-bond acceptors (Lipinski definition) is 5. The lowest BCUT2D eigenvalue weighted by molar-refractivity contribution is 0.531. The Balaban J connectivity index is 2.20. The lowest BCUT2D eigenvalue weighted by Gasteiger charge is -2.27. The van der Waals surface area contributed by atoms with Crippen molar-refractivity contribution in [1.29, 1.82) is 0 Å². The van der Waals surface area contributed by atoms with Crippen LogP contribution in [-0.4, -0.2) is 23.8 Å². The van der Waals surface area contributed by atoms with Gasteiger partial charge in [-0.3, -0.25) is 9.36 Å². The molecule has 2 atom stereocenters. The zero-order valence-electron chi connectivity index (χ0n) is 17.4. The second-order valence-electron chi connectivity index (χ2n) is 8.13. The highest BCUT2D eigenvalue weighted by Gasteiger charge is 2.29. The van der Waals surface area contributed by atoms with Crippen LogP contribution in [0.3, 0.4) is 0 Å². The van der Waals surface area contributed by atoms with Crippen LogP contribution in [0.5, 0.6) is 0 Å².